The van der Waals surface area contributed by atoms with E-state index < -0.39 is 0 Å². The predicted octanol–water partition coefficient (Wildman–Crippen LogP) is 4.40. The number of hydrogen-bond donors (Lipinski definition) is 1. The molecule has 1 aromatic rings. The second-order valence-corrected chi connectivity index (χ2v) is 7.43. The highest BCUT2D eigenvalue weighted by Crippen LogP contribution is 2.49. The van der Waals surface area contributed by atoms with Crippen molar-refractivity contribution in [3.8, 4) is 0 Å². The van der Waals surface area contributed by atoms with Gasteiger partial charge in [0.05, 0.1) is 10.6 Å². The number of rotatable bonds is 1. The number of nitrogens with two attached hydrogens (primary N) is 1. The molecule has 0 bridgehead atoms. The molecule has 1 heterocycles. The Morgan fingerprint density at radius 1 is 1.44 bits per heavy atom. The maximum absolute atomic E-state index is 6.62. The Hall–Kier alpha value is -0.0500. The van der Waals surface area contributed by atoms with Gasteiger partial charge in [-0.05, 0) is 42.0 Å². The summed E-state index contributed by atoms with van der Waals surface area (Å²) in [5.41, 5.74) is 6.72. The summed E-state index contributed by atoms with van der Waals surface area (Å²) in [5, 5.41) is 2.89. The van der Waals surface area contributed by atoms with Gasteiger partial charge in [-0.1, -0.05) is 32.4 Å². The zero-order chi connectivity index (χ0) is 12.0. The Bertz CT molecular complexity index is 385. The first-order valence-corrected chi connectivity index (χ1v) is 7.11. The fourth-order valence-electron chi connectivity index (χ4n) is 3.46. The summed E-state index contributed by atoms with van der Waals surface area (Å²) >= 11 is 7.93. The Balaban J connectivity index is 2.34. The highest BCUT2D eigenvalue weighted by atomic mass is 35.5. The molecular formula is C13H20ClNS. The second kappa shape index (κ2) is 4.01. The largest absolute Gasteiger partial charge is 0.321 e. The van der Waals surface area contributed by atoms with Crippen LogP contribution >= 0.6 is 22.9 Å². The number of hydrogen-bond acceptors (Lipinski definition) is 2. The Morgan fingerprint density at radius 3 is 2.62 bits per heavy atom. The zero-order valence-corrected chi connectivity index (χ0v) is 11.8. The van der Waals surface area contributed by atoms with Crippen LogP contribution in [-0.2, 0) is 5.54 Å². The lowest BCUT2D eigenvalue weighted by Crippen LogP contribution is -2.46. The molecule has 16 heavy (non-hydrogen) atoms. The van der Waals surface area contributed by atoms with Crippen LogP contribution in [0.5, 0.6) is 0 Å². The summed E-state index contributed by atoms with van der Waals surface area (Å²) in [6.07, 6.45) is 3.34. The average molecular weight is 258 g/mol. The van der Waals surface area contributed by atoms with Crippen LogP contribution in [-0.4, -0.2) is 0 Å². The van der Waals surface area contributed by atoms with Gasteiger partial charge in [0.2, 0.25) is 0 Å². The second-order valence-electron chi connectivity index (χ2n) is 6.11. The van der Waals surface area contributed by atoms with Crippen LogP contribution in [0.25, 0.3) is 0 Å². The molecule has 1 aliphatic carbocycles. The van der Waals surface area contributed by atoms with Gasteiger partial charge >= 0.3 is 0 Å². The number of thiophene rings is 1. The predicted molar refractivity (Wildman–Crippen MR) is 72.0 cm³/mol. The third-order valence-corrected chi connectivity index (χ3v) is 5.04. The van der Waals surface area contributed by atoms with Gasteiger partial charge in [0, 0.05) is 4.88 Å². The molecule has 1 aromatic heterocycles. The van der Waals surface area contributed by atoms with Crippen molar-refractivity contribution in [2.75, 3.05) is 0 Å². The lowest BCUT2D eigenvalue weighted by molar-refractivity contribution is 0.109. The quantitative estimate of drug-likeness (QED) is 0.793. The van der Waals surface area contributed by atoms with E-state index in [-0.39, 0.29) is 5.54 Å². The van der Waals surface area contributed by atoms with Crippen molar-refractivity contribution in [3.63, 3.8) is 0 Å². The molecule has 0 aromatic carbocycles. The zero-order valence-electron chi connectivity index (χ0n) is 10.2. The fraction of sp³-hybridized carbons (Fsp3) is 0.692. The first-order valence-electron chi connectivity index (χ1n) is 5.85. The molecular weight excluding hydrogens is 238 g/mol. The minimum absolute atomic E-state index is 0.216. The molecule has 0 spiro atoms. The minimum Gasteiger partial charge on any atom is -0.321 e. The smallest absolute Gasteiger partial charge is 0.0564 e. The molecule has 0 aliphatic heterocycles. The van der Waals surface area contributed by atoms with Gasteiger partial charge in [0.25, 0.3) is 0 Å². The van der Waals surface area contributed by atoms with E-state index in [1.54, 1.807) is 11.3 Å². The van der Waals surface area contributed by atoms with Crippen LogP contribution < -0.4 is 5.73 Å². The van der Waals surface area contributed by atoms with Crippen LogP contribution in [0.3, 0.4) is 0 Å². The van der Waals surface area contributed by atoms with Crippen molar-refractivity contribution in [2.45, 2.75) is 45.6 Å². The molecule has 90 valence electrons. The molecule has 2 atom stereocenters. The monoisotopic (exact) mass is 257 g/mol. The van der Waals surface area contributed by atoms with E-state index in [1.165, 1.54) is 11.3 Å². The van der Waals surface area contributed by atoms with Gasteiger partial charge in [0.15, 0.2) is 0 Å². The summed E-state index contributed by atoms with van der Waals surface area (Å²) in [6.45, 7) is 6.92. The highest BCUT2D eigenvalue weighted by Gasteiger charge is 2.42. The van der Waals surface area contributed by atoms with Crippen LogP contribution in [0.1, 0.15) is 44.9 Å². The summed E-state index contributed by atoms with van der Waals surface area (Å²) in [6, 6.07) is 1.96. The maximum Gasteiger partial charge on any atom is 0.0564 e. The molecule has 3 heteroatoms. The first kappa shape index (κ1) is 12.4. The van der Waals surface area contributed by atoms with Crippen molar-refractivity contribution in [1.29, 1.82) is 0 Å². The van der Waals surface area contributed by atoms with E-state index in [2.05, 4.69) is 20.8 Å². The normalized spacial score (nSPS) is 33.9. The molecule has 2 N–H and O–H groups in total. The van der Waals surface area contributed by atoms with Gasteiger partial charge in [-0.3, -0.25) is 0 Å². The van der Waals surface area contributed by atoms with E-state index >= 15 is 0 Å². The summed E-state index contributed by atoms with van der Waals surface area (Å²) in [4.78, 5) is 1.17. The molecule has 1 aliphatic rings. The third-order valence-electron chi connectivity index (χ3n) is 3.48. The molecule has 2 rings (SSSR count). The molecule has 0 saturated heterocycles. The molecule has 1 fully saturated rings. The van der Waals surface area contributed by atoms with Gasteiger partial charge < -0.3 is 5.73 Å². The van der Waals surface area contributed by atoms with Crippen LogP contribution in [0.4, 0.5) is 0 Å². The van der Waals surface area contributed by atoms with Gasteiger partial charge in [-0.25, -0.2) is 0 Å². The van der Waals surface area contributed by atoms with Crippen molar-refractivity contribution >= 4 is 22.9 Å². The summed E-state index contributed by atoms with van der Waals surface area (Å²) in [7, 11) is 0. The van der Waals surface area contributed by atoms with E-state index in [4.69, 9.17) is 17.3 Å². The Labute approximate surface area is 107 Å². The lowest BCUT2D eigenvalue weighted by Gasteiger charge is -2.45. The SMILES string of the molecule is CC1CC(C)(C)CC(N)(c2sccc2Cl)C1. The Morgan fingerprint density at radius 2 is 2.12 bits per heavy atom. The van der Waals surface area contributed by atoms with E-state index in [1.807, 2.05) is 11.4 Å². The van der Waals surface area contributed by atoms with E-state index in [0.29, 0.717) is 11.3 Å². The molecule has 1 saturated carbocycles. The van der Waals surface area contributed by atoms with E-state index in [0.717, 1.165) is 17.9 Å². The number of halogens is 1. The first-order chi connectivity index (χ1) is 7.32. The fourth-order valence-corrected chi connectivity index (χ4v) is 4.83. The van der Waals surface area contributed by atoms with Gasteiger partial charge in [-0.2, -0.15) is 0 Å². The summed E-state index contributed by atoms with van der Waals surface area (Å²) < 4.78 is 0. The van der Waals surface area contributed by atoms with Crippen LogP contribution in [0.2, 0.25) is 5.02 Å². The van der Waals surface area contributed by atoms with Gasteiger partial charge in [0.1, 0.15) is 0 Å². The van der Waals surface area contributed by atoms with Crippen molar-refractivity contribution in [2.24, 2.45) is 17.1 Å². The van der Waals surface area contributed by atoms with Crippen molar-refractivity contribution in [1.82, 2.24) is 0 Å². The topological polar surface area (TPSA) is 26.0 Å². The molecule has 0 amide bonds. The maximum atomic E-state index is 6.62. The van der Waals surface area contributed by atoms with Crippen molar-refractivity contribution in [3.05, 3.63) is 21.3 Å². The highest BCUT2D eigenvalue weighted by molar-refractivity contribution is 7.10. The van der Waals surface area contributed by atoms with Crippen molar-refractivity contribution < 1.29 is 0 Å². The standard InChI is InChI=1S/C13H20ClNS/c1-9-6-12(2,3)8-13(15,7-9)11-10(14)4-5-16-11/h4-5,9H,6-8,15H2,1-3H3. The minimum atomic E-state index is -0.216. The van der Waals surface area contributed by atoms with Gasteiger partial charge in [-0.15, -0.1) is 11.3 Å². The average Bonchev–Trinajstić information content (AvgIpc) is 2.46. The van der Waals surface area contributed by atoms with Crippen LogP contribution in [0, 0.1) is 11.3 Å². The Kier molecular flexibility index (Phi) is 3.11. The summed E-state index contributed by atoms with van der Waals surface area (Å²) in [5.74, 6) is 0.673. The lowest BCUT2D eigenvalue weighted by atomic mass is 9.64. The molecule has 1 nitrogen and oxygen atoms in total. The molecule has 2 unspecified atom stereocenters. The molecule has 0 radical (unpaired) electrons. The van der Waals surface area contributed by atoms with Crippen LogP contribution in [0.15, 0.2) is 11.4 Å². The third kappa shape index (κ3) is 2.29. The van der Waals surface area contributed by atoms with E-state index in [9.17, 15) is 0 Å².